The minimum atomic E-state index is -0.174. The molecule has 3 heterocycles. The van der Waals surface area contributed by atoms with Gasteiger partial charge in [-0.05, 0) is 6.07 Å². The van der Waals surface area contributed by atoms with Crippen LogP contribution in [0, 0.1) is 0 Å². The van der Waals surface area contributed by atoms with E-state index in [9.17, 15) is 9.90 Å². The van der Waals surface area contributed by atoms with E-state index < -0.39 is 0 Å². The van der Waals surface area contributed by atoms with E-state index in [0.29, 0.717) is 17.0 Å². The number of hydrogen-bond acceptors (Lipinski definition) is 5. The van der Waals surface area contributed by atoms with Gasteiger partial charge in [0.1, 0.15) is 11.4 Å². The van der Waals surface area contributed by atoms with Gasteiger partial charge in [0, 0.05) is 37.2 Å². The molecule has 0 unspecified atom stereocenters. The predicted molar refractivity (Wildman–Crippen MR) is 71.2 cm³/mol. The van der Waals surface area contributed by atoms with Crippen molar-refractivity contribution in [1.82, 2.24) is 19.9 Å². The van der Waals surface area contributed by atoms with Gasteiger partial charge in [-0.25, -0.2) is 9.97 Å². The first-order chi connectivity index (χ1) is 9.20. The standard InChI is InChI=1S/C12H12N4O2S/c1-13-11(18)10-9(7-2-3-14-8(17)6-7)15-12-16(10)4-5-19-12/h2-3,6H,4-5H2,1H3,(H,13,18)(H,14,17). The van der Waals surface area contributed by atoms with Crippen LogP contribution in [-0.4, -0.2) is 38.3 Å². The van der Waals surface area contributed by atoms with Crippen molar-refractivity contribution in [2.45, 2.75) is 11.7 Å². The summed E-state index contributed by atoms with van der Waals surface area (Å²) in [5, 5.41) is 12.9. The highest BCUT2D eigenvalue weighted by molar-refractivity contribution is 7.99. The summed E-state index contributed by atoms with van der Waals surface area (Å²) in [6.45, 7) is 0.771. The zero-order valence-corrected chi connectivity index (χ0v) is 11.1. The molecule has 0 saturated heterocycles. The van der Waals surface area contributed by atoms with E-state index >= 15 is 0 Å². The lowest BCUT2D eigenvalue weighted by atomic mass is 10.1. The number of hydrogen-bond donors (Lipinski definition) is 2. The van der Waals surface area contributed by atoms with Gasteiger partial charge in [-0.2, -0.15) is 0 Å². The SMILES string of the molecule is CNC(=O)c1c(-c2ccnc(O)c2)nc2n1CCS2. The molecule has 0 radical (unpaired) electrons. The maximum atomic E-state index is 12.1. The van der Waals surface area contributed by atoms with Crippen LogP contribution in [0.5, 0.6) is 5.88 Å². The van der Waals surface area contributed by atoms with Crippen LogP contribution in [0.15, 0.2) is 23.5 Å². The number of thioether (sulfide) groups is 1. The molecule has 0 atom stereocenters. The Bertz CT molecular complexity index is 653. The normalized spacial score (nSPS) is 13.3. The monoisotopic (exact) mass is 276 g/mol. The van der Waals surface area contributed by atoms with E-state index in [1.807, 2.05) is 4.57 Å². The number of aromatic nitrogens is 3. The maximum absolute atomic E-state index is 12.1. The molecule has 1 aliphatic rings. The topological polar surface area (TPSA) is 80.0 Å². The molecule has 0 fully saturated rings. The molecule has 0 aliphatic carbocycles. The Morgan fingerprint density at radius 3 is 3.16 bits per heavy atom. The van der Waals surface area contributed by atoms with Crippen molar-refractivity contribution in [3.8, 4) is 17.1 Å². The number of amides is 1. The van der Waals surface area contributed by atoms with Crippen molar-refractivity contribution in [2.75, 3.05) is 12.8 Å². The van der Waals surface area contributed by atoms with E-state index in [0.717, 1.165) is 17.5 Å². The molecule has 2 aromatic heterocycles. The number of carbonyl (C=O) groups is 1. The highest BCUT2D eigenvalue weighted by Gasteiger charge is 2.26. The van der Waals surface area contributed by atoms with Crippen LogP contribution < -0.4 is 5.32 Å². The first-order valence-electron chi connectivity index (χ1n) is 5.81. The summed E-state index contributed by atoms with van der Waals surface area (Å²) in [5.74, 6) is 0.669. The number of pyridine rings is 1. The molecule has 0 aromatic carbocycles. The first kappa shape index (κ1) is 12.0. The quantitative estimate of drug-likeness (QED) is 0.859. The minimum Gasteiger partial charge on any atom is -0.493 e. The second kappa shape index (κ2) is 4.58. The largest absolute Gasteiger partial charge is 0.493 e. The van der Waals surface area contributed by atoms with Crippen molar-refractivity contribution < 1.29 is 9.90 Å². The Hall–Kier alpha value is -2.02. The van der Waals surface area contributed by atoms with Gasteiger partial charge in [0.2, 0.25) is 5.88 Å². The number of carbonyl (C=O) groups excluding carboxylic acids is 1. The highest BCUT2D eigenvalue weighted by Crippen LogP contribution is 2.33. The van der Waals surface area contributed by atoms with Gasteiger partial charge in [0.25, 0.3) is 5.91 Å². The van der Waals surface area contributed by atoms with Gasteiger partial charge >= 0.3 is 0 Å². The molecule has 2 N–H and O–H groups in total. The summed E-state index contributed by atoms with van der Waals surface area (Å²) in [6.07, 6.45) is 1.50. The minimum absolute atomic E-state index is 0.0823. The average Bonchev–Trinajstić information content (AvgIpc) is 2.97. The summed E-state index contributed by atoms with van der Waals surface area (Å²) in [4.78, 5) is 20.3. The number of imidazole rings is 1. The third-order valence-electron chi connectivity index (χ3n) is 2.94. The summed E-state index contributed by atoms with van der Waals surface area (Å²) < 4.78 is 1.91. The van der Waals surface area contributed by atoms with Crippen molar-refractivity contribution in [3.05, 3.63) is 24.0 Å². The molecule has 0 saturated carbocycles. The van der Waals surface area contributed by atoms with Crippen molar-refractivity contribution in [1.29, 1.82) is 0 Å². The van der Waals surface area contributed by atoms with Crippen LogP contribution in [0.1, 0.15) is 10.5 Å². The zero-order chi connectivity index (χ0) is 13.4. The van der Waals surface area contributed by atoms with Gasteiger partial charge in [-0.1, -0.05) is 11.8 Å². The maximum Gasteiger partial charge on any atom is 0.270 e. The summed E-state index contributed by atoms with van der Waals surface area (Å²) in [5.41, 5.74) is 1.81. The number of nitrogens with one attached hydrogen (secondary N) is 1. The molecular formula is C12H12N4O2S. The zero-order valence-electron chi connectivity index (χ0n) is 10.3. The van der Waals surface area contributed by atoms with E-state index in [2.05, 4.69) is 15.3 Å². The molecule has 98 valence electrons. The fourth-order valence-corrected chi connectivity index (χ4v) is 3.04. The fraction of sp³-hybridized carbons (Fsp3) is 0.250. The number of fused-ring (bicyclic) bond motifs is 1. The smallest absolute Gasteiger partial charge is 0.270 e. The Labute approximate surface area is 113 Å². The lowest BCUT2D eigenvalue weighted by Gasteiger charge is -2.06. The molecule has 6 nitrogen and oxygen atoms in total. The van der Waals surface area contributed by atoms with E-state index in [4.69, 9.17) is 0 Å². The summed E-state index contributed by atoms with van der Waals surface area (Å²) in [7, 11) is 1.60. The highest BCUT2D eigenvalue weighted by atomic mass is 32.2. The van der Waals surface area contributed by atoms with E-state index in [-0.39, 0.29) is 11.8 Å². The lowest BCUT2D eigenvalue weighted by molar-refractivity contribution is 0.0954. The number of aromatic hydroxyl groups is 1. The van der Waals surface area contributed by atoms with Gasteiger partial charge in [0.05, 0.1) is 0 Å². The van der Waals surface area contributed by atoms with Crippen LogP contribution in [0.25, 0.3) is 11.3 Å². The number of nitrogens with zero attached hydrogens (tertiary/aromatic N) is 3. The van der Waals surface area contributed by atoms with Crippen molar-refractivity contribution in [3.63, 3.8) is 0 Å². The van der Waals surface area contributed by atoms with E-state index in [1.165, 1.54) is 12.3 Å². The van der Waals surface area contributed by atoms with Crippen LogP contribution >= 0.6 is 11.8 Å². The second-order valence-corrected chi connectivity index (χ2v) is 5.14. The third-order valence-corrected chi connectivity index (χ3v) is 3.90. The van der Waals surface area contributed by atoms with Crippen LogP contribution in [-0.2, 0) is 6.54 Å². The molecule has 2 aromatic rings. The van der Waals surface area contributed by atoms with E-state index in [1.54, 1.807) is 24.9 Å². The lowest BCUT2D eigenvalue weighted by Crippen LogP contribution is -2.22. The molecule has 19 heavy (non-hydrogen) atoms. The van der Waals surface area contributed by atoms with Crippen molar-refractivity contribution >= 4 is 17.7 Å². The van der Waals surface area contributed by atoms with Crippen LogP contribution in [0.3, 0.4) is 0 Å². The molecule has 0 spiro atoms. The molecule has 0 bridgehead atoms. The van der Waals surface area contributed by atoms with Gasteiger partial charge < -0.3 is 15.0 Å². The summed E-state index contributed by atoms with van der Waals surface area (Å²) in [6, 6.07) is 3.24. The van der Waals surface area contributed by atoms with Crippen LogP contribution in [0.2, 0.25) is 0 Å². The Balaban J connectivity index is 2.19. The summed E-state index contributed by atoms with van der Waals surface area (Å²) >= 11 is 1.62. The predicted octanol–water partition coefficient (Wildman–Crippen LogP) is 1.12. The molecule has 1 aliphatic heterocycles. The second-order valence-electron chi connectivity index (χ2n) is 4.07. The van der Waals surface area contributed by atoms with Gasteiger partial charge in [-0.3, -0.25) is 4.79 Å². The number of rotatable bonds is 2. The molecule has 7 heteroatoms. The average molecular weight is 276 g/mol. The Kier molecular flexibility index (Phi) is 2.90. The Morgan fingerprint density at radius 1 is 1.58 bits per heavy atom. The van der Waals surface area contributed by atoms with Gasteiger partial charge in [0.15, 0.2) is 5.16 Å². The molecule has 3 rings (SSSR count). The third kappa shape index (κ3) is 1.95. The Morgan fingerprint density at radius 2 is 2.42 bits per heavy atom. The van der Waals surface area contributed by atoms with Crippen LogP contribution in [0.4, 0.5) is 0 Å². The molecule has 1 amide bonds. The van der Waals surface area contributed by atoms with Gasteiger partial charge in [-0.15, -0.1) is 0 Å². The molecular weight excluding hydrogens is 264 g/mol. The van der Waals surface area contributed by atoms with Crippen molar-refractivity contribution in [2.24, 2.45) is 0 Å². The fourth-order valence-electron chi connectivity index (χ4n) is 2.09. The first-order valence-corrected chi connectivity index (χ1v) is 6.80.